The van der Waals surface area contributed by atoms with Crippen LogP contribution in [0, 0.1) is 0 Å². The topological polar surface area (TPSA) is 60.7 Å². The van der Waals surface area contributed by atoms with Crippen LogP contribution in [0.5, 0.6) is 0 Å². The third-order valence-electron chi connectivity index (χ3n) is 2.33. The van der Waals surface area contributed by atoms with Crippen LogP contribution in [0.1, 0.15) is 58.3 Å². The SMILES string of the molecule is CC(O)CCCCCCCCC(O)O. The summed E-state index contributed by atoms with van der Waals surface area (Å²) in [5, 5.41) is 26.2. The lowest BCUT2D eigenvalue weighted by Crippen LogP contribution is -2.02. The summed E-state index contributed by atoms with van der Waals surface area (Å²) in [6, 6.07) is 0. The first-order chi connectivity index (χ1) is 6.63. The summed E-state index contributed by atoms with van der Waals surface area (Å²) in [4.78, 5) is 0. The van der Waals surface area contributed by atoms with Crippen molar-refractivity contribution in [2.75, 3.05) is 0 Å². The zero-order chi connectivity index (χ0) is 10.8. The zero-order valence-corrected chi connectivity index (χ0v) is 9.15. The minimum Gasteiger partial charge on any atom is -0.393 e. The van der Waals surface area contributed by atoms with E-state index in [2.05, 4.69) is 0 Å². The van der Waals surface area contributed by atoms with Crippen molar-refractivity contribution in [3.05, 3.63) is 0 Å². The maximum absolute atomic E-state index is 9.00. The van der Waals surface area contributed by atoms with E-state index < -0.39 is 6.29 Å². The van der Waals surface area contributed by atoms with Crippen molar-refractivity contribution >= 4 is 0 Å². The van der Waals surface area contributed by atoms with Crippen LogP contribution in [-0.4, -0.2) is 27.7 Å². The van der Waals surface area contributed by atoms with Crippen LogP contribution in [0.15, 0.2) is 0 Å². The Labute approximate surface area is 86.8 Å². The summed E-state index contributed by atoms with van der Waals surface area (Å²) in [6.45, 7) is 1.82. The average molecular weight is 204 g/mol. The van der Waals surface area contributed by atoms with E-state index in [0.717, 1.165) is 32.1 Å². The van der Waals surface area contributed by atoms with Crippen LogP contribution in [0.25, 0.3) is 0 Å². The molecule has 0 spiro atoms. The Morgan fingerprint density at radius 3 is 1.57 bits per heavy atom. The Morgan fingerprint density at radius 2 is 1.14 bits per heavy atom. The number of aliphatic hydroxyl groups is 3. The van der Waals surface area contributed by atoms with Crippen LogP contribution < -0.4 is 0 Å². The van der Waals surface area contributed by atoms with Gasteiger partial charge < -0.3 is 15.3 Å². The van der Waals surface area contributed by atoms with Crippen LogP contribution in [-0.2, 0) is 0 Å². The Balaban J connectivity index is 2.92. The normalized spacial score (nSPS) is 13.5. The van der Waals surface area contributed by atoms with Gasteiger partial charge in [-0.1, -0.05) is 32.1 Å². The van der Waals surface area contributed by atoms with Gasteiger partial charge in [-0.05, 0) is 26.2 Å². The zero-order valence-electron chi connectivity index (χ0n) is 9.15. The molecule has 1 unspecified atom stereocenters. The summed E-state index contributed by atoms with van der Waals surface area (Å²) in [7, 11) is 0. The largest absolute Gasteiger partial charge is 0.393 e. The molecule has 0 amide bonds. The Morgan fingerprint density at radius 1 is 0.714 bits per heavy atom. The minimum absolute atomic E-state index is 0.167. The van der Waals surface area contributed by atoms with E-state index in [1.54, 1.807) is 0 Å². The molecule has 0 saturated carbocycles. The number of hydrogen-bond donors (Lipinski definition) is 3. The summed E-state index contributed by atoms with van der Waals surface area (Å²) in [5.41, 5.74) is 0. The van der Waals surface area contributed by atoms with Crippen molar-refractivity contribution in [1.82, 2.24) is 0 Å². The third-order valence-corrected chi connectivity index (χ3v) is 2.33. The highest BCUT2D eigenvalue weighted by atomic mass is 16.5. The van der Waals surface area contributed by atoms with Crippen molar-refractivity contribution < 1.29 is 15.3 Å². The molecule has 0 saturated heterocycles. The molecule has 14 heavy (non-hydrogen) atoms. The van der Waals surface area contributed by atoms with Gasteiger partial charge in [-0.3, -0.25) is 0 Å². The standard InChI is InChI=1S/C11H24O3/c1-10(12)8-6-4-2-3-5-7-9-11(13)14/h10-14H,2-9H2,1H3. The van der Waals surface area contributed by atoms with E-state index in [1.807, 2.05) is 6.92 Å². The smallest absolute Gasteiger partial charge is 0.151 e. The van der Waals surface area contributed by atoms with E-state index in [0.29, 0.717) is 6.42 Å². The van der Waals surface area contributed by atoms with Crippen LogP contribution in [0.4, 0.5) is 0 Å². The van der Waals surface area contributed by atoms with Crippen molar-refractivity contribution in [1.29, 1.82) is 0 Å². The molecule has 0 radical (unpaired) electrons. The fourth-order valence-corrected chi connectivity index (χ4v) is 1.47. The minimum atomic E-state index is -1.13. The molecule has 0 aromatic carbocycles. The lowest BCUT2D eigenvalue weighted by molar-refractivity contribution is -0.0466. The molecular formula is C11H24O3. The third kappa shape index (κ3) is 11.9. The van der Waals surface area contributed by atoms with E-state index >= 15 is 0 Å². The molecule has 0 aromatic rings. The molecule has 3 nitrogen and oxygen atoms in total. The van der Waals surface area contributed by atoms with Crippen LogP contribution >= 0.6 is 0 Å². The summed E-state index contributed by atoms with van der Waals surface area (Å²) < 4.78 is 0. The molecule has 0 aliphatic carbocycles. The molecule has 3 N–H and O–H groups in total. The number of hydrogen-bond acceptors (Lipinski definition) is 3. The maximum atomic E-state index is 9.00. The summed E-state index contributed by atoms with van der Waals surface area (Å²) in [5.74, 6) is 0. The molecular weight excluding hydrogens is 180 g/mol. The van der Waals surface area contributed by atoms with Gasteiger partial charge in [-0.25, -0.2) is 0 Å². The summed E-state index contributed by atoms with van der Waals surface area (Å²) >= 11 is 0. The van der Waals surface area contributed by atoms with E-state index in [4.69, 9.17) is 15.3 Å². The molecule has 0 bridgehead atoms. The highest BCUT2D eigenvalue weighted by Gasteiger charge is 1.98. The van der Waals surface area contributed by atoms with Gasteiger partial charge in [0, 0.05) is 0 Å². The average Bonchev–Trinajstić information content (AvgIpc) is 2.08. The first-order valence-electron chi connectivity index (χ1n) is 5.67. The first-order valence-corrected chi connectivity index (χ1v) is 5.67. The second-order valence-electron chi connectivity index (χ2n) is 4.03. The van der Waals surface area contributed by atoms with Gasteiger partial charge >= 0.3 is 0 Å². The van der Waals surface area contributed by atoms with Gasteiger partial charge in [-0.15, -0.1) is 0 Å². The molecule has 0 aliphatic heterocycles. The quantitative estimate of drug-likeness (QED) is 0.396. The second kappa shape index (κ2) is 9.44. The molecule has 3 heteroatoms. The van der Waals surface area contributed by atoms with Crippen molar-refractivity contribution in [2.24, 2.45) is 0 Å². The highest BCUT2D eigenvalue weighted by Crippen LogP contribution is 2.10. The first kappa shape index (κ1) is 13.9. The molecule has 0 rings (SSSR count). The molecule has 0 aliphatic rings. The van der Waals surface area contributed by atoms with Crippen LogP contribution in [0.3, 0.4) is 0 Å². The number of rotatable bonds is 9. The van der Waals surface area contributed by atoms with E-state index in [1.165, 1.54) is 12.8 Å². The van der Waals surface area contributed by atoms with Gasteiger partial charge in [0.05, 0.1) is 6.10 Å². The molecule has 86 valence electrons. The molecule has 0 heterocycles. The van der Waals surface area contributed by atoms with Crippen molar-refractivity contribution in [3.63, 3.8) is 0 Å². The fourth-order valence-electron chi connectivity index (χ4n) is 1.47. The van der Waals surface area contributed by atoms with Crippen LogP contribution in [0.2, 0.25) is 0 Å². The van der Waals surface area contributed by atoms with E-state index in [9.17, 15) is 0 Å². The monoisotopic (exact) mass is 204 g/mol. The highest BCUT2D eigenvalue weighted by molar-refractivity contribution is 4.50. The Kier molecular flexibility index (Phi) is 9.35. The van der Waals surface area contributed by atoms with Gasteiger partial charge in [0.25, 0.3) is 0 Å². The van der Waals surface area contributed by atoms with Gasteiger partial charge in [0.2, 0.25) is 0 Å². The lowest BCUT2D eigenvalue weighted by Gasteiger charge is -2.04. The van der Waals surface area contributed by atoms with Crippen molar-refractivity contribution in [3.8, 4) is 0 Å². The number of unbranched alkanes of at least 4 members (excludes halogenated alkanes) is 5. The lowest BCUT2D eigenvalue weighted by atomic mass is 10.1. The predicted octanol–water partition coefficient (Wildman–Crippen LogP) is 1.80. The Hall–Kier alpha value is -0.120. The fraction of sp³-hybridized carbons (Fsp3) is 1.00. The predicted molar refractivity (Wildman–Crippen MR) is 56.8 cm³/mol. The van der Waals surface area contributed by atoms with Gasteiger partial charge in [-0.2, -0.15) is 0 Å². The molecule has 0 fully saturated rings. The van der Waals surface area contributed by atoms with Crippen molar-refractivity contribution in [2.45, 2.75) is 70.7 Å². The Bertz CT molecular complexity index is 99.1. The van der Waals surface area contributed by atoms with E-state index in [-0.39, 0.29) is 6.10 Å². The molecule has 1 atom stereocenters. The van der Waals surface area contributed by atoms with Gasteiger partial charge in [0.1, 0.15) is 0 Å². The summed E-state index contributed by atoms with van der Waals surface area (Å²) in [6.07, 6.45) is 6.68. The second-order valence-corrected chi connectivity index (χ2v) is 4.03. The maximum Gasteiger partial charge on any atom is 0.151 e. The van der Waals surface area contributed by atoms with Gasteiger partial charge in [0.15, 0.2) is 6.29 Å². The number of aliphatic hydroxyl groups excluding tert-OH is 2. The molecule has 0 aromatic heterocycles.